The lowest BCUT2D eigenvalue weighted by Gasteiger charge is -2.24. The molecule has 1 aromatic rings. The molecule has 72 valence electrons. The first-order valence-corrected chi connectivity index (χ1v) is 5.87. The molecule has 0 amide bonds. The highest BCUT2D eigenvalue weighted by Crippen LogP contribution is 2.36. The molecule has 0 unspecified atom stereocenters. The SMILES string of the molecule is CC(C)(CBr)c1c(Cl)cccc1Cl. The van der Waals surface area contributed by atoms with Crippen LogP contribution in [0.1, 0.15) is 19.4 Å². The Labute approximate surface area is 97.4 Å². The van der Waals surface area contributed by atoms with Crippen LogP contribution >= 0.6 is 39.1 Å². The first-order valence-electron chi connectivity index (χ1n) is 3.99. The summed E-state index contributed by atoms with van der Waals surface area (Å²) < 4.78 is 0. The lowest BCUT2D eigenvalue weighted by Crippen LogP contribution is -2.19. The lowest BCUT2D eigenvalue weighted by molar-refractivity contribution is 0.607. The van der Waals surface area contributed by atoms with Crippen molar-refractivity contribution in [1.29, 1.82) is 0 Å². The zero-order valence-electron chi connectivity index (χ0n) is 7.57. The third-order valence-electron chi connectivity index (χ3n) is 1.97. The largest absolute Gasteiger partial charge is 0.0919 e. The number of rotatable bonds is 2. The number of alkyl halides is 1. The third kappa shape index (κ3) is 2.39. The lowest BCUT2D eigenvalue weighted by atomic mass is 9.87. The van der Waals surface area contributed by atoms with Crippen molar-refractivity contribution in [2.24, 2.45) is 0 Å². The summed E-state index contributed by atoms with van der Waals surface area (Å²) in [6.07, 6.45) is 0. The van der Waals surface area contributed by atoms with E-state index in [1.807, 2.05) is 18.2 Å². The van der Waals surface area contributed by atoms with E-state index in [9.17, 15) is 0 Å². The van der Waals surface area contributed by atoms with Crippen LogP contribution in [0.25, 0.3) is 0 Å². The van der Waals surface area contributed by atoms with Crippen molar-refractivity contribution in [1.82, 2.24) is 0 Å². The van der Waals surface area contributed by atoms with Crippen LogP contribution in [-0.2, 0) is 5.41 Å². The Morgan fingerprint density at radius 2 is 1.69 bits per heavy atom. The fraction of sp³-hybridized carbons (Fsp3) is 0.400. The Kier molecular flexibility index (Phi) is 3.67. The van der Waals surface area contributed by atoms with E-state index in [1.165, 1.54) is 0 Å². The minimum atomic E-state index is -0.0323. The van der Waals surface area contributed by atoms with Gasteiger partial charge in [-0.1, -0.05) is 59.0 Å². The van der Waals surface area contributed by atoms with Crippen LogP contribution in [0, 0.1) is 0 Å². The summed E-state index contributed by atoms with van der Waals surface area (Å²) >= 11 is 15.6. The molecule has 0 saturated carbocycles. The van der Waals surface area contributed by atoms with Gasteiger partial charge in [0.05, 0.1) is 0 Å². The van der Waals surface area contributed by atoms with E-state index >= 15 is 0 Å². The molecule has 1 aromatic carbocycles. The molecule has 0 fully saturated rings. The Bertz CT molecular complexity index is 288. The van der Waals surface area contributed by atoms with Gasteiger partial charge in [0.15, 0.2) is 0 Å². The highest BCUT2D eigenvalue weighted by Gasteiger charge is 2.24. The first-order chi connectivity index (χ1) is 5.99. The maximum Gasteiger partial charge on any atom is 0.0458 e. The molecule has 0 aliphatic heterocycles. The molecule has 0 saturated heterocycles. The van der Waals surface area contributed by atoms with Gasteiger partial charge in [0.25, 0.3) is 0 Å². The monoisotopic (exact) mass is 280 g/mol. The van der Waals surface area contributed by atoms with Gasteiger partial charge in [-0.05, 0) is 17.7 Å². The van der Waals surface area contributed by atoms with Crippen molar-refractivity contribution in [3.63, 3.8) is 0 Å². The van der Waals surface area contributed by atoms with Gasteiger partial charge in [0, 0.05) is 20.8 Å². The average Bonchev–Trinajstić information content (AvgIpc) is 2.03. The Balaban J connectivity index is 3.28. The van der Waals surface area contributed by atoms with Crippen LogP contribution in [0.3, 0.4) is 0 Å². The molecule has 0 aliphatic carbocycles. The van der Waals surface area contributed by atoms with E-state index in [-0.39, 0.29) is 5.41 Å². The summed E-state index contributed by atoms with van der Waals surface area (Å²) in [7, 11) is 0. The summed E-state index contributed by atoms with van der Waals surface area (Å²) in [5.74, 6) is 0. The number of hydrogen-bond donors (Lipinski definition) is 0. The van der Waals surface area contributed by atoms with Gasteiger partial charge in [-0.15, -0.1) is 0 Å². The van der Waals surface area contributed by atoms with Gasteiger partial charge in [-0.25, -0.2) is 0 Å². The number of halogens is 3. The van der Waals surface area contributed by atoms with E-state index in [4.69, 9.17) is 23.2 Å². The van der Waals surface area contributed by atoms with Crippen LogP contribution in [0.2, 0.25) is 10.0 Å². The van der Waals surface area contributed by atoms with Crippen LogP contribution in [0.5, 0.6) is 0 Å². The molecule has 1 rings (SSSR count). The van der Waals surface area contributed by atoms with E-state index in [0.29, 0.717) is 0 Å². The molecule has 0 N–H and O–H groups in total. The minimum Gasteiger partial charge on any atom is -0.0919 e. The Morgan fingerprint density at radius 3 is 2.08 bits per heavy atom. The van der Waals surface area contributed by atoms with E-state index in [0.717, 1.165) is 20.9 Å². The fourth-order valence-electron chi connectivity index (χ4n) is 1.21. The third-order valence-corrected chi connectivity index (χ3v) is 4.01. The van der Waals surface area contributed by atoms with Crippen molar-refractivity contribution in [3.05, 3.63) is 33.8 Å². The first kappa shape index (κ1) is 11.4. The summed E-state index contributed by atoms with van der Waals surface area (Å²) in [6, 6.07) is 5.60. The number of benzene rings is 1. The van der Waals surface area contributed by atoms with Crippen LogP contribution < -0.4 is 0 Å². The summed E-state index contributed by atoms with van der Waals surface area (Å²) in [5, 5.41) is 2.30. The van der Waals surface area contributed by atoms with Gasteiger partial charge in [-0.3, -0.25) is 0 Å². The van der Waals surface area contributed by atoms with Gasteiger partial charge >= 0.3 is 0 Å². The van der Waals surface area contributed by atoms with Crippen molar-refractivity contribution >= 4 is 39.1 Å². The minimum absolute atomic E-state index is 0.0323. The van der Waals surface area contributed by atoms with E-state index in [2.05, 4.69) is 29.8 Å². The fourth-order valence-corrected chi connectivity index (χ4v) is 2.40. The van der Waals surface area contributed by atoms with Gasteiger partial charge in [-0.2, -0.15) is 0 Å². The molecule has 0 atom stereocenters. The second-order valence-electron chi connectivity index (χ2n) is 3.61. The zero-order valence-corrected chi connectivity index (χ0v) is 10.7. The molecule has 0 radical (unpaired) electrons. The highest BCUT2D eigenvalue weighted by atomic mass is 79.9. The average molecular weight is 282 g/mol. The molecule has 13 heavy (non-hydrogen) atoms. The zero-order chi connectivity index (χ0) is 10.1. The normalized spacial score (nSPS) is 11.8. The molecule has 3 heteroatoms. The second kappa shape index (κ2) is 4.20. The van der Waals surface area contributed by atoms with Crippen molar-refractivity contribution < 1.29 is 0 Å². The molecule has 0 aromatic heterocycles. The number of hydrogen-bond acceptors (Lipinski definition) is 0. The quantitative estimate of drug-likeness (QED) is 0.692. The summed E-state index contributed by atoms with van der Waals surface area (Å²) in [4.78, 5) is 0. The Hall–Kier alpha value is 0.280. The maximum absolute atomic E-state index is 6.09. The van der Waals surface area contributed by atoms with E-state index in [1.54, 1.807) is 0 Å². The maximum atomic E-state index is 6.09. The van der Waals surface area contributed by atoms with Gasteiger partial charge in [0.2, 0.25) is 0 Å². The second-order valence-corrected chi connectivity index (χ2v) is 4.99. The van der Waals surface area contributed by atoms with Gasteiger partial charge < -0.3 is 0 Å². The summed E-state index contributed by atoms with van der Waals surface area (Å²) in [5.41, 5.74) is 0.977. The van der Waals surface area contributed by atoms with Crippen LogP contribution in [0.4, 0.5) is 0 Å². The predicted octanol–water partition coefficient (Wildman–Crippen LogP) is 4.67. The van der Waals surface area contributed by atoms with Crippen molar-refractivity contribution in [2.75, 3.05) is 5.33 Å². The molecule has 0 heterocycles. The molecule has 0 spiro atoms. The van der Waals surface area contributed by atoms with Crippen molar-refractivity contribution in [2.45, 2.75) is 19.3 Å². The summed E-state index contributed by atoms with van der Waals surface area (Å²) in [6.45, 7) is 4.21. The smallest absolute Gasteiger partial charge is 0.0458 e. The highest BCUT2D eigenvalue weighted by molar-refractivity contribution is 9.09. The molecule has 0 bridgehead atoms. The van der Waals surface area contributed by atoms with Gasteiger partial charge in [0.1, 0.15) is 0 Å². The van der Waals surface area contributed by atoms with E-state index < -0.39 is 0 Å². The molecule has 0 aliphatic rings. The van der Waals surface area contributed by atoms with Crippen molar-refractivity contribution in [3.8, 4) is 0 Å². The van der Waals surface area contributed by atoms with Crippen LogP contribution in [-0.4, -0.2) is 5.33 Å². The molecular formula is C10H11BrCl2. The van der Waals surface area contributed by atoms with Crippen LogP contribution in [0.15, 0.2) is 18.2 Å². The Morgan fingerprint density at radius 1 is 1.23 bits per heavy atom. The topological polar surface area (TPSA) is 0 Å². The molecule has 0 nitrogen and oxygen atoms in total. The molecular weight excluding hydrogens is 271 g/mol. The predicted molar refractivity (Wildman–Crippen MR) is 63.3 cm³/mol. The standard InChI is InChI=1S/C10H11BrCl2/c1-10(2,6-11)9-7(12)4-3-5-8(9)13/h3-5H,6H2,1-2H3.